The van der Waals surface area contributed by atoms with E-state index in [4.69, 9.17) is 26.2 Å². The lowest BCUT2D eigenvalue weighted by atomic mass is 10.1. The van der Waals surface area contributed by atoms with E-state index in [9.17, 15) is 0 Å². The van der Waals surface area contributed by atoms with E-state index in [1.807, 2.05) is 53.2 Å². The first-order valence-electron chi connectivity index (χ1n) is 10.7. The van der Waals surface area contributed by atoms with Crippen LogP contribution in [-0.2, 0) is 11.3 Å². The Morgan fingerprint density at radius 3 is 2.61 bits per heavy atom. The van der Waals surface area contributed by atoms with Crippen LogP contribution in [0.2, 0.25) is 5.02 Å². The molecule has 2 aromatic carbocycles. The summed E-state index contributed by atoms with van der Waals surface area (Å²) < 4.78 is 12.6. The van der Waals surface area contributed by atoms with Crippen molar-refractivity contribution in [2.24, 2.45) is 0 Å². The third-order valence-corrected chi connectivity index (χ3v) is 5.83. The van der Waals surface area contributed by atoms with E-state index in [1.165, 1.54) is 0 Å². The van der Waals surface area contributed by atoms with Crippen molar-refractivity contribution in [3.8, 4) is 22.7 Å². The Balaban J connectivity index is 1.46. The van der Waals surface area contributed by atoms with Gasteiger partial charge in [0.05, 0.1) is 36.7 Å². The summed E-state index contributed by atoms with van der Waals surface area (Å²) in [5, 5.41) is 9.15. The quantitative estimate of drug-likeness (QED) is 0.509. The minimum atomic E-state index is 0.705. The highest BCUT2D eigenvalue weighted by atomic mass is 35.5. The van der Waals surface area contributed by atoms with Crippen molar-refractivity contribution in [1.82, 2.24) is 20.0 Å². The number of methoxy groups -OCH3 is 1. The summed E-state index contributed by atoms with van der Waals surface area (Å²) in [4.78, 5) is 2.46. The van der Waals surface area contributed by atoms with Crippen LogP contribution in [0.5, 0.6) is 5.75 Å². The average molecular weight is 441 g/mol. The maximum absolute atomic E-state index is 6.49. The van der Waals surface area contributed by atoms with Gasteiger partial charge in [0.25, 0.3) is 0 Å². The second-order valence-electron chi connectivity index (χ2n) is 7.61. The number of aromatic nitrogens is 2. The molecule has 6 nitrogen and oxygen atoms in total. The zero-order valence-corrected chi connectivity index (χ0v) is 18.6. The number of benzene rings is 2. The first kappa shape index (κ1) is 21.8. The smallest absolute Gasteiger partial charge is 0.119 e. The lowest BCUT2D eigenvalue weighted by Crippen LogP contribution is -2.37. The number of nitrogens with one attached hydrogen (secondary N) is 1. The lowest BCUT2D eigenvalue weighted by molar-refractivity contribution is 0.0374. The molecule has 0 amide bonds. The fourth-order valence-electron chi connectivity index (χ4n) is 3.76. The van der Waals surface area contributed by atoms with Crippen molar-refractivity contribution in [1.29, 1.82) is 0 Å². The van der Waals surface area contributed by atoms with Gasteiger partial charge in [0.1, 0.15) is 5.75 Å². The fourth-order valence-corrected chi connectivity index (χ4v) is 3.99. The third-order valence-electron chi connectivity index (χ3n) is 5.50. The van der Waals surface area contributed by atoms with E-state index in [2.05, 4.69) is 16.4 Å². The Hall–Kier alpha value is -2.38. The summed E-state index contributed by atoms with van der Waals surface area (Å²) in [7, 11) is 1.67. The van der Waals surface area contributed by atoms with Crippen LogP contribution < -0.4 is 10.1 Å². The number of rotatable bonds is 9. The molecular weight excluding hydrogens is 412 g/mol. The molecule has 0 bridgehead atoms. The molecule has 1 aliphatic rings. The largest absolute Gasteiger partial charge is 0.497 e. The minimum absolute atomic E-state index is 0.705. The molecule has 1 aliphatic heterocycles. The number of morpholine rings is 1. The van der Waals surface area contributed by atoms with E-state index in [1.54, 1.807) is 7.11 Å². The van der Waals surface area contributed by atoms with Gasteiger partial charge in [-0.1, -0.05) is 29.8 Å². The van der Waals surface area contributed by atoms with Gasteiger partial charge in [0.15, 0.2) is 0 Å². The van der Waals surface area contributed by atoms with E-state index >= 15 is 0 Å². The van der Waals surface area contributed by atoms with Crippen LogP contribution in [0.3, 0.4) is 0 Å². The van der Waals surface area contributed by atoms with E-state index in [-0.39, 0.29) is 0 Å². The summed E-state index contributed by atoms with van der Waals surface area (Å²) in [6.07, 6.45) is 3.18. The van der Waals surface area contributed by atoms with Crippen LogP contribution in [0.1, 0.15) is 12.0 Å². The van der Waals surface area contributed by atoms with E-state index in [0.717, 1.165) is 80.6 Å². The number of nitrogens with zero attached hydrogens (tertiary/aromatic N) is 3. The third kappa shape index (κ3) is 5.66. The van der Waals surface area contributed by atoms with Crippen LogP contribution in [0.4, 0.5) is 0 Å². The molecule has 0 atom stereocenters. The Bertz CT molecular complexity index is 968. The second kappa shape index (κ2) is 10.8. The molecule has 2 heterocycles. The fraction of sp³-hybridized carbons (Fsp3) is 0.375. The first-order valence-corrected chi connectivity index (χ1v) is 11.1. The van der Waals surface area contributed by atoms with Crippen molar-refractivity contribution < 1.29 is 9.47 Å². The molecule has 1 saturated heterocycles. The standard InChI is InChI=1S/C24H29ClN4O2/c1-30-21-9-7-20(8-10-21)29-18-19(24(27-29)22-5-2-3-6-23(22)25)17-26-11-4-12-28-13-15-31-16-14-28/h2-3,5-10,18,26H,4,11-17H2,1H3. The van der Waals surface area contributed by atoms with Gasteiger partial charge in [-0.25, -0.2) is 4.68 Å². The highest BCUT2D eigenvalue weighted by molar-refractivity contribution is 6.33. The Morgan fingerprint density at radius 2 is 1.87 bits per heavy atom. The molecule has 3 aromatic rings. The van der Waals surface area contributed by atoms with Crippen LogP contribution in [0.25, 0.3) is 16.9 Å². The van der Waals surface area contributed by atoms with Crippen molar-refractivity contribution in [2.45, 2.75) is 13.0 Å². The molecule has 0 saturated carbocycles. The molecule has 164 valence electrons. The molecule has 7 heteroatoms. The summed E-state index contributed by atoms with van der Waals surface area (Å²) >= 11 is 6.49. The van der Waals surface area contributed by atoms with Gasteiger partial charge in [0.2, 0.25) is 0 Å². The molecule has 0 aliphatic carbocycles. The van der Waals surface area contributed by atoms with Crippen molar-refractivity contribution in [3.63, 3.8) is 0 Å². The van der Waals surface area contributed by atoms with Gasteiger partial charge >= 0.3 is 0 Å². The SMILES string of the molecule is COc1ccc(-n2cc(CNCCCN3CCOCC3)c(-c3ccccc3Cl)n2)cc1. The Morgan fingerprint density at radius 1 is 1.10 bits per heavy atom. The van der Waals surface area contributed by atoms with Gasteiger partial charge in [-0.05, 0) is 49.8 Å². The number of hydrogen-bond donors (Lipinski definition) is 1. The van der Waals surface area contributed by atoms with Crippen molar-refractivity contribution >= 4 is 11.6 Å². The normalized spacial score (nSPS) is 14.6. The van der Waals surface area contributed by atoms with Crippen LogP contribution >= 0.6 is 11.6 Å². The molecule has 0 unspecified atom stereocenters. The van der Waals surface area contributed by atoms with E-state index in [0.29, 0.717) is 5.02 Å². The maximum Gasteiger partial charge on any atom is 0.119 e. The highest BCUT2D eigenvalue weighted by Crippen LogP contribution is 2.30. The number of hydrogen-bond acceptors (Lipinski definition) is 5. The van der Waals surface area contributed by atoms with Crippen molar-refractivity contribution in [2.75, 3.05) is 46.5 Å². The molecule has 1 fully saturated rings. The zero-order valence-electron chi connectivity index (χ0n) is 17.9. The van der Waals surface area contributed by atoms with Gasteiger partial charge in [0, 0.05) is 37.0 Å². The zero-order chi connectivity index (χ0) is 21.5. The Kier molecular flexibility index (Phi) is 7.59. The van der Waals surface area contributed by atoms with Crippen molar-refractivity contribution in [3.05, 3.63) is 65.3 Å². The average Bonchev–Trinajstić information content (AvgIpc) is 3.24. The molecule has 31 heavy (non-hydrogen) atoms. The van der Waals surface area contributed by atoms with Gasteiger partial charge in [-0.2, -0.15) is 5.10 Å². The number of ether oxygens (including phenoxy) is 2. The molecule has 0 radical (unpaired) electrons. The lowest BCUT2D eigenvalue weighted by Gasteiger charge is -2.26. The monoisotopic (exact) mass is 440 g/mol. The summed E-state index contributed by atoms with van der Waals surface area (Å²) in [5.41, 5.74) is 3.95. The summed E-state index contributed by atoms with van der Waals surface area (Å²) in [5.74, 6) is 0.824. The van der Waals surface area contributed by atoms with Crippen LogP contribution in [0.15, 0.2) is 54.7 Å². The minimum Gasteiger partial charge on any atom is -0.497 e. The first-order chi connectivity index (χ1) is 15.2. The molecule has 1 N–H and O–H groups in total. The topological polar surface area (TPSA) is 51.5 Å². The highest BCUT2D eigenvalue weighted by Gasteiger charge is 2.15. The second-order valence-corrected chi connectivity index (χ2v) is 8.02. The number of halogens is 1. The van der Waals surface area contributed by atoms with Gasteiger partial charge in [-0.3, -0.25) is 4.90 Å². The molecular formula is C24H29ClN4O2. The summed E-state index contributed by atoms with van der Waals surface area (Å²) in [6.45, 7) is 6.54. The predicted molar refractivity (Wildman–Crippen MR) is 124 cm³/mol. The van der Waals surface area contributed by atoms with Gasteiger partial charge < -0.3 is 14.8 Å². The van der Waals surface area contributed by atoms with Crippen LogP contribution in [-0.4, -0.2) is 61.2 Å². The molecule has 1 aromatic heterocycles. The van der Waals surface area contributed by atoms with Crippen LogP contribution in [0, 0.1) is 0 Å². The van der Waals surface area contributed by atoms with E-state index < -0.39 is 0 Å². The molecule has 4 rings (SSSR count). The predicted octanol–water partition coefficient (Wildman–Crippen LogP) is 4.01. The maximum atomic E-state index is 6.49. The summed E-state index contributed by atoms with van der Waals surface area (Å²) in [6, 6.07) is 15.7. The van der Waals surface area contributed by atoms with Gasteiger partial charge in [-0.15, -0.1) is 0 Å². The molecule has 0 spiro atoms. The Labute approximate surface area is 188 Å².